The highest BCUT2D eigenvalue weighted by Gasteiger charge is 2.47. The Kier molecular flexibility index (Phi) is 4.22. The number of ether oxygens (including phenoxy) is 1. The molecule has 1 fully saturated rings. The molecule has 7 nitrogen and oxygen atoms in total. The van der Waals surface area contributed by atoms with Crippen molar-refractivity contribution >= 4 is 16.8 Å². The van der Waals surface area contributed by atoms with Crippen LogP contribution < -0.4 is 0 Å². The van der Waals surface area contributed by atoms with Crippen LogP contribution >= 0.6 is 0 Å². The second kappa shape index (κ2) is 6.45. The Balaban J connectivity index is 1.67. The summed E-state index contributed by atoms with van der Waals surface area (Å²) >= 11 is 0. The summed E-state index contributed by atoms with van der Waals surface area (Å²) in [4.78, 5) is 20.8. The number of hydrogen-bond donors (Lipinski definition) is 2. The predicted octanol–water partition coefficient (Wildman–Crippen LogP) is 1.52. The minimum Gasteiger partial charge on any atom is -0.387 e. The highest BCUT2D eigenvalue weighted by atomic mass is 19.2. The molecule has 2 aromatic heterocycles. The van der Waals surface area contributed by atoms with Gasteiger partial charge in [-0.2, -0.15) is 0 Å². The van der Waals surface area contributed by atoms with E-state index in [1.807, 2.05) is 0 Å². The van der Waals surface area contributed by atoms with Gasteiger partial charge in [0, 0.05) is 17.1 Å². The lowest BCUT2D eigenvalue weighted by atomic mass is 10.0. The first kappa shape index (κ1) is 17.7. The topological polar surface area (TPSA) is 97.5 Å². The molecule has 140 valence electrons. The highest BCUT2D eigenvalue weighted by molar-refractivity contribution is 6.00. The molecule has 4 atom stereocenters. The Bertz CT molecular complexity index is 1040. The molecule has 4 rings (SSSR count). The number of aromatic nitrogens is 3. The maximum absolute atomic E-state index is 13.4. The van der Waals surface area contributed by atoms with Gasteiger partial charge in [0.15, 0.2) is 29.7 Å². The molecule has 0 aliphatic carbocycles. The average molecular weight is 375 g/mol. The van der Waals surface area contributed by atoms with Gasteiger partial charge in [0.25, 0.3) is 0 Å². The fraction of sp³-hybridized carbons (Fsp3) is 0.278. The van der Waals surface area contributed by atoms with E-state index in [9.17, 15) is 23.8 Å². The Hall–Kier alpha value is -2.75. The van der Waals surface area contributed by atoms with Crippen molar-refractivity contribution < 1.29 is 28.5 Å². The molecule has 1 aliphatic heterocycles. The molecule has 0 amide bonds. The molecule has 0 spiro atoms. The van der Waals surface area contributed by atoms with Crippen LogP contribution in [0.25, 0.3) is 11.0 Å². The predicted molar refractivity (Wildman–Crippen MR) is 88.9 cm³/mol. The first-order valence-corrected chi connectivity index (χ1v) is 8.17. The van der Waals surface area contributed by atoms with Crippen molar-refractivity contribution in [1.29, 1.82) is 0 Å². The number of benzene rings is 1. The minimum atomic E-state index is -1.55. The fourth-order valence-electron chi connectivity index (χ4n) is 3.22. The average Bonchev–Trinajstić information content (AvgIpc) is 3.20. The SMILES string of the molecule is Cc1ncnc2c1ccn2C1OC(C(=O)c2ccc(F)c(F)c2)C(O)C1O. The van der Waals surface area contributed by atoms with Gasteiger partial charge in [-0.25, -0.2) is 18.7 Å². The summed E-state index contributed by atoms with van der Waals surface area (Å²) in [6, 6.07) is 4.38. The van der Waals surface area contributed by atoms with E-state index in [2.05, 4.69) is 9.97 Å². The van der Waals surface area contributed by atoms with Crippen LogP contribution in [-0.2, 0) is 4.74 Å². The number of hydrogen-bond acceptors (Lipinski definition) is 6. The molecule has 0 saturated carbocycles. The molecule has 9 heteroatoms. The summed E-state index contributed by atoms with van der Waals surface area (Å²) in [6.45, 7) is 1.80. The molecule has 1 aromatic carbocycles. The Morgan fingerprint density at radius 2 is 1.93 bits per heavy atom. The van der Waals surface area contributed by atoms with Crippen LogP contribution in [0.4, 0.5) is 8.78 Å². The standard InChI is InChI=1S/C18H15F2N3O4/c1-8-10-4-5-23(17(10)22-7-21-8)18-15(26)14(25)16(27-18)13(24)9-2-3-11(19)12(20)6-9/h2-7,14-16,18,25-26H,1H3. The zero-order chi connectivity index (χ0) is 19.3. The Labute approximate surface area is 151 Å². The molecular formula is C18H15F2N3O4. The van der Waals surface area contributed by atoms with E-state index < -0.39 is 42.0 Å². The normalized spacial score (nSPS) is 25.2. The zero-order valence-corrected chi connectivity index (χ0v) is 14.1. The summed E-state index contributed by atoms with van der Waals surface area (Å²) < 4.78 is 33.6. The molecule has 2 N–H and O–H groups in total. The first-order chi connectivity index (χ1) is 12.9. The van der Waals surface area contributed by atoms with E-state index in [1.54, 1.807) is 19.2 Å². The van der Waals surface area contributed by atoms with Crippen molar-refractivity contribution in [3.05, 3.63) is 59.7 Å². The van der Waals surface area contributed by atoms with Crippen molar-refractivity contribution in [2.24, 2.45) is 0 Å². The van der Waals surface area contributed by atoms with Gasteiger partial charge >= 0.3 is 0 Å². The molecule has 1 saturated heterocycles. The number of fused-ring (bicyclic) bond motifs is 1. The van der Waals surface area contributed by atoms with Crippen molar-refractivity contribution in [1.82, 2.24) is 14.5 Å². The maximum atomic E-state index is 13.4. The van der Waals surface area contributed by atoms with E-state index in [4.69, 9.17) is 4.74 Å². The number of rotatable bonds is 3. The second-order valence-electron chi connectivity index (χ2n) is 6.34. The van der Waals surface area contributed by atoms with E-state index in [1.165, 1.54) is 10.9 Å². The van der Waals surface area contributed by atoms with Gasteiger partial charge < -0.3 is 19.5 Å². The van der Waals surface area contributed by atoms with E-state index >= 15 is 0 Å². The summed E-state index contributed by atoms with van der Waals surface area (Å²) in [7, 11) is 0. The van der Waals surface area contributed by atoms with E-state index in [0.717, 1.165) is 29.3 Å². The van der Waals surface area contributed by atoms with Gasteiger partial charge in [-0.05, 0) is 31.2 Å². The summed E-state index contributed by atoms with van der Waals surface area (Å²) in [5.41, 5.74) is 1.03. The van der Waals surface area contributed by atoms with Crippen LogP contribution in [0.2, 0.25) is 0 Å². The number of aryl methyl sites for hydroxylation is 1. The summed E-state index contributed by atoms with van der Waals surface area (Å²) in [5.74, 6) is -3.04. The Morgan fingerprint density at radius 3 is 2.67 bits per heavy atom. The number of carbonyl (C=O) groups excluding carboxylic acids is 1. The number of ketones is 1. The number of Topliss-reactive ketones (excluding diaryl/α,β-unsaturated/α-hetero) is 1. The van der Waals surface area contributed by atoms with Crippen LogP contribution in [0.5, 0.6) is 0 Å². The van der Waals surface area contributed by atoms with Gasteiger partial charge in [0.2, 0.25) is 0 Å². The summed E-state index contributed by atoms with van der Waals surface area (Å²) in [5, 5.41) is 21.4. The lowest BCUT2D eigenvalue weighted by molar-refractivity contribution is -0.0280. The lowest BCUT2D eigenvalue weighted by Crippen LogP contribution is -2.36. The maximum Gasteiger partial charge on any atom is 0.194 e. The second-order valence-corrected chi connectivity index (χ2v) is 6.34. The third-order valence-corrected chi connectivity index (χ3v) is 4.68. The number of aliphatic hydroxyl groups is 2. The third kappa shape index (κ3) is 2.80. The molecule has 1 aliphatic rings. The smallest absolute Gasteiger partial charge is 0.194 e. The van der Waals surface area contributed by atoms with Crippen molar-refractivity contribution in [2.45, 2.75) is 31.5 Å². The number of halogens is 2. The van der Waals surface area contributed by atoms with Crippen LogP contribution in [0.3, 0.4) is 0 Å². The fourth-order valence-corrected chi connectivity index (χ4v) is 3.22. The molecular weight excluding hydrogens is 360 g/mol. The third-order valence-electron chi connectivity index (χ3n) is 4.68. The number of aliphatic hydroxyl groups excluding tert-OH is 2. The number of nitrogens with zero attached hydrogens (tertiary/aromatic N) is 3. The van der Waals surface area contributed by atoms with Gasteiger partial charge in [0.05, 0.1) is 5.69 Å². The molecule has 4 unspecified atom stereocenters. The van der Waals surface area contributed by atoms with Crippen LogP contribution in [-0.4, -0.2) is 48.8 Å². The molecule has 0 bridgehead atoms. The molecule has 3 aromatic rings. The van der Waals surface area contributed by atoms with Crippen LogP contribution in [0.15, 0.2) is 36.8 Å². The lowest BCUT2D eigenvalue weighted by Gasteiger charge is -2.17. The Morgan fingerprint density at radius 1 is 1.15 bits per heavy atom. The van der Waals surface area contributed by atoms with E-state index in [0.29, 0.717) is 5.65 Å². The molecule has 0 radical (unpaired) electrons. The molecule has 27 heavy (non-hydrogen) atoms. The van der Waals surface area contributed by atoms with Crippen LogP contribution in [0.1, 0.15) is 22.3 Å². The largest absolute Gasteiger partial charge is 0.387 e. The zero-order valence-electron chi connectivity index (χ0n) is 14.1. The quantitative estimate of drug-likeness (QED) is 0.674. The van der Waals surface area contributed by atoms with Crippen molar-refractivity contribution in [3.8, 4) is 0 Å². The van der Waals surface area contributed by atoms with Gasteiger partial charge in [-0.3, -0.25) is 4.79 Å². The molecule has 3 heterocycles. The van der Waals surface area contributed by atoms with Crippen LogP contribution in [0, 0.1) is 18.6 Å². The van der Waals surface area contributed by atoms with E-state index in [-0.39, 0.29) is 5.56 Å². The van der Waals surface area contributed by atoms with Crippen molar-refractivity contribution in [3.63, 3.8) is 0 Å². The monoisotopic (exact) mass is 375 g/mol. The minimum absolute atomic E-state index is 0.165. The highest BCUT2D eigenvalue weighted by Crippen LogP contribution is 2.33. The van der Waals surface area contributed by atoms with Gasteiger partial charge in [0.1, 0.15) is 24.2 Å². The van der Waals surface area contributed by atoms with Gasteiger partial charge in [-0.15, -0.1) is 0 Å². The van der Waals surface area contributed by atoms with Gasteiger partial charge in [-0.1, -0.05) is 0 Å². The summed E-state index contributed by atoms with van der Waals surface area (Å²) in [6.07, 6.45) is -2.51. The van der Waals surface area contributed by atoms with Crippen molar-refractivity contribution in [2.75, 3.05) is 0 Å². The number of carbonyl (C=O) groups is 1. The first-order valence-electron chi connectivity index (χ1n) is 8.17.